The maximum Gasteiger partial charge on any atom is 0.133 e. The first kappa shape index (κ1) is 18.5. The van der Waals surface area contributed by atoms with Crippen LogP contribution in [0.25, 0.3) is 0 Å². The first-order valence-electron chi connectivity index (χ1n) is 9.86. The summed E-state index contributed by atoms with van der Waals surface area (Å²) in [4.78, 5) is 4.94. The minimum absolute atomic E-state index is 0.354. The summed E-state index contributed by atoms with van der Waals surface area (Å²) < 4.78 is 16.4. The molecule has 1 atom stereocenters. The van der Waals surface area contributed by atoms with Crippen molar-refractivity contribution in [2.45, 2.75) is 38.9 Å². The number of hydrogen-bond donors (Lipinski definition) is 0. The zero-order valence-corrected chi connectivity index (χ0v) is 16.3. The highest BCUT2D eigenvalue weighted by Crippen LogP contribution is 2.33. The van der Waals surface area contributed by atoms with Gasteiger partial charge in [0.1, 0.15) is 17.2 Å². The molecule has 2 aliphatic rings. The molecule has 6 heteroatoms. The van der Waals surface area contributed by atoms with Crippen molar-refractivity contribution in [2.24, 2.45) is 0 Å². The Balaban J connectivity index is 1.48. The maximum absolute atomic E-state index is 5.61. The van der Waals surface area contributed by atoms with E-state index in [2.05, 4.69) is 39.2 Å². The molecule has 3 heterocycles. The fourth-order valence-electron chi connectivity index (χ4n) is 4.18. The van der Waals surface area contributed by atoms with Gasteiger partial charge in [-0.1, -0.05) is 11.2 Å². The van der Waals surface area contributed by atoms with E-state index in [1.54, 1.807) is 7.11 Å². The second-order valence-corrected chi connectivity index (χ2v) is 7.53. The van der Waals surface area contributed by atoms with Crippen LogP contribution >= 0.6 is 0 Å². The predicted octanol–water partition coefficient (Wildman–Crippen LogP) is 3.16. The van der Waals surface area contributed by atoms with Crippen LogP contribution in [0.5, 0.6) is 5.75 Å². The maximum atomic E-state index is 5.61. The molecule has 6 nitrogen and oxygen atoms in total. The molecule has 1 aromatic heterocycles. The first-order chi connectivity index (χ1) is 13.2. The van der Waals surface area contributed by atoms with Crippen LogP contribution in [0.3, 0.4) is 0 Å². The van der Waals surface area contributed by atoms with Crippen molar-refractivity contribution >= 4 is 0 Å². The zero-order valence-electron chi connectivity index (χ0n) is 16.3. The van der Waals surface area contributed by atoms with Crippen molar-refractivity contribution in [3.05, 3.63) is 46.8 Å². The highest BCUT2D eigenvalue weighted by molar-refractivity contribution is 5.37. The van der Waals surface area contributed by atoms with E-state index in [1.165, 1.54) is 17.5 Å². The molecular formula is C21H29N3O3. The van der Waals surface area contributed by atoms with Crippen LogP contribution in [0.2, 0.25) is 0 Å². The van der Waals surface area contributed by atoms with E-state index in [0.717, 1.165) is 69.6 Å². The van der Waals surface area contributed by atoms with Crippen molar-refractivity contribution in [1.29, 1.82) is 0 Å². The van der Waals surface area contributed by atoms with E-state index in [0.29, 0.717) is 6.04 Å². The Morgan fingerprint density at radius 3 is 2.74 bits per heavy atom. The van der Waals surface area contributed by atoms with Crippen LogP contribution in [0.4, 0.5) is 0 Å². The topological polar surface area (TPSA) is 51.0 Å². The lowest BCUT2D eigenvalue weighted by Gasteiger charge is -2.28. The minimum atomic E-state index is 0.354. The fraction of sp³-hybridized carbons (Fsp3) is 0.571. The second-order valence-electron chi connectivity index (χ2n) is 7.53. The van der Waals surface area contributed by atoms with Crippen LogP contribution in [0, 0.1) is 6.92 Å². The van der Waals surface area contributed by atoms with Crippen LogP contribution < -0.4 is 4.74 Å². The smallest absolute Gasteiger partial charge is 0.133 e. The van der Waals surface area contributed by atoms with Gasteiger partial charge in [-0.15, -0.1) is 0 Å². The summed E-state index contributed by atoms with van der Waals surface area (Å²) in [6.45, 7) is 8.48. The van der Waals surface area contributed by atoms with E-state index < -0.39 is 0 Å². The molecule has 0 radical (unpaired) electrons. The quantitative estimate of drug-likeness (QED) is 0.777. The number of aryl methyl sites for hydroxylation is 1. The second kappa shape index (κ2) is 8.42. The number of aromatic nitrogens is 1. The van der Waals surface area contributed by atoms with Crippen LogP contribution in [0.1, 0.15) is 41.5 Å². The van der Waals surface area contributed by atoms with Gasteiger partial charge in [-0.2, -0.15) is 0 Å². The molecule has 146 valence electrons. The molecule has 2 fully saturated rings. The van der Waals surface area contributed by atoms with E-state index in [-0.39, 0.29) is 0 Å². The normalized spacial score (nSPS) is 21.6. The fourth-order valence-corrected chi connectivity index (χ4v) is 4.18. The molecule has 2 saturated heterocycles. The molecule has 0 amide bonds. The van der Waals surface area contributed by atoms with E-state index in [4.69, 9.17) is 14.0 Å². The lowest BCUT2D eigenvalue weighted by atomic mass is 10.1. The van der Waals surface area contributed by atoms with Crippen LogP contribution in [-0.4, -0.2) is 54.9 Å². The molecule has 0 N–H and O–H groups in total. The SMILES string of the molecule is COc1ccc(CN2CCC[C@H]2c2cc(C)on2)cc1CN1CCOCC1. The van der Waals surface area contributed by atoms with E-state index in [9.17, 15) is 0 Å². The van der Waals surface area contributed by atoms with Crippen molar-refractivity contribution in [3.63, 3.8) is 0 Å². The van der Waals surface area contributed by atoms with Gasteiger partial charge in [0.05, 0.1) is 26.4 Å². The standard InChI is InChI=1S/C21H29N3O3/c1-16-12-19(22-27-16)20-4-3-7-24(20)14-17-5-6-21(25-2)18(13-17)15-23-8-10-26-11-9-23/h5-6,12-13,20H,3-4,7-11,14-15H2,1-2H3/t20-/m0/s1. The molecular weight excluding hydrogens is 342 g/mol. The van der Waals surface area contributed by atoms with Crippen molar-refractivity contribution in [1.82, 2.24) is 15.0 Å². The Labute approximate surface area is 161 Å². The van der Waals surface area contributed by atoms with Gasteiger partial charge < -0.3 is 14.0 Å². The summed E-state index contributed by atoms with van der Waals surface area (Å²) in [5.41, 5.74) is 3.64. The average molecular weight is 371 g/mol. The Hall–Kier alpha value is -1.89. The molecule has 2 aliphatic heterocycles. The number of nitrogens with zero attached hydrogens (tertiary/aromatic N) is 3. The number of rotatable bonds is 6. The van der Waals surface area contributed by atoms with E-state index >= 15 is 0 Å². The van der Waals surface area contributed by atoms with Crippen LogP contribution in [0.15, 0.2) is 28.8 Å². The van der Waals surface area contributed by atoms with Crippen molar-refractivity contribution in [2.75, 3.05) is 40.0 Å². The molecule has 2 aromatic rings. The Bertz CT molecular complexity index is 755. The predicted molar refractivity (Wildman–Crippen MR) is 103 cm³/mol. The summed E-state index contributed by atoms with van der Waals surface area (Å²) in [6, 6.07) is 9.02. The zero-order chi connectivity index (χ0) is 18.6. The van der Waals surface area contributed by atoms with Crippen LogP contribution in [-0.2, 0) is 17.8 Å². The Kier molecular flexibility index (Phi) is 5.76. The van der Waals surface area contributed by atoms with Gasteiger partial charge in [0.2, 0.25) is 0 Å². The number of morpholine rings is 1. The molecule has 4 rings (SSSR count). The van der Waals surface area contributed by atoms with Gasteiger partial charge in [-0.3, -0.25) is 9.80 Å². The third-order valence-electron chi connectivity index (χ3n) is 5.58. The van der Waals surface area contributed by atoms with Gasteiger partial charge in [0, 0.05) is 37.8 Å². The summed E-state index contributed by atoms with van der Waals surface area (Å²) in [7, 11) is 1.75. The third-order valence-corrected chi connectivity index (χ3v) is 5.58. The Morgan fingerprint density at radius 1 is 1.15 bits per heavy atom. The molecule has 0 aliphatic carbocycles. The molecule has 27 heavy (non-hydrogen) atoms. The largest absolute Gasteiger partial charge is 0.496 e. The van der Waals surface area contributed by atoms with Gasteiger partial charge in [-0.25, -0.2) is 0 Å². The van der Waals surface area contributed by atoms with Gasteiger partial charge >= 0.3 is 0 Å². The Morgan fingerprint density at radius 2 is 2.00 bits per heavy atom. The molecule has 0 spiro atoms. The van der Waals surface area contributed by atoms with Crippen molar-refractivity contribution in [3.8, 4) is 5.75 Å². The highest BCUT2D eigenvalue weighted by atomic mass is 16.5. The van der Waals surface area contributed by atoms with E-state index in [1.807, 2.05) is 6.92 Å². The summed E-state index contributed by atoms with van der Waals surface area (Å²) in [5, 5.41) is 4.26. The minimum Gasteiger partial charge on any atom is -0.496 e. The lowest BCUT2D eigenvalue weighted by molar-refractivity contribution is 0.0338. The molecule has 0 saturated carbocycles. The first-order valence-corrected chi connectivity index (χ1v) is 9.86. The van der Waals surface area contributed by atoms with Gasteiger partial charge in [-0.05, 0) is 44.0 Å². The summed E-state index contributed by atoms with van der Waals surface area (Å²) in [5.74, 6) is 1.85. The highest BCUT2D eigenvalue weighted by Gasteiger charge is 2.28. The number of ether oxygens (including phenoxy) is 2. The summed E-state index contributed by atoms with van der Waals surface area (Å²) >= 11 is 0. The number of likely N-dealkylation sites (tertiary alicyclic amines) is 1. The average Bonchev–Trinajstić information content (AvgIpc) is 3.31. The van der Waals surface area contributed by atoms with Gasteiger partial charge in [0.25, 0.3) is 0 Å². The molecule has 1 aromatic carbocycles. The third kappa shape index (κ3) is 4.34. The summed E-state index contributed by atoms with van der Waals surface area (Å²) in [6.07, 6.45) is 2.34. The number of hydrogen-bond acceptors (Lipinski definition) is 6. The lowest BCUT2D eigenvalue weighted by Crippen LogP contribution is -2.35. The van der Waals surface area contributed by atoms with Gasteiger partial charge in [0.15, 0.2) is 0 Å². The van der Waals surface area contributed by atoms with Crippen molar-refractivity contribution < 1.29 is 14.0 Å². The number of methoxy groups -OCH3 is 1. The monoisotopic (exact) mass is 371 g/mol. The molecule has 0 unspecified atom stereocenters. The molecule has 0 bridgehead atoms. The number of benzene rings is 1.